The number of ether oxygens (including phenoxy) is 1. The lowest BCUT2D eigenvalue weighted by molar-refractivity contribution is -0.154. The summed E-state index contributed by atoms with van der Waals surface area (Å²) >= 11 is 10.1. The molecule has 0 bridgehead atoms. The monoisotopic (exact) mass is 617 g/mol. The lowest BCUT2D eigenvalue weighted by Gasteiger charge is -2.49. The van der Waals surface area contributed by atoms with E-state index >= 15 is 0 Å². The van der Waals surface area contributed by atoms with Gasteiger partial charge in [-0.15, -0.1) is 16.7 Å². The molecule has 2 N–H and O–H groups in total. The minimum absolute atomic E-state index is 0.0191. The molecule has 0 aromatic heterocycles. The van der Waals surface area contributed by atoms with E-state index in [1.165, 1.54) is 28.3 Å². The zero-order valence-corrected chi connectivity index (χ0v) is 22.8. The summed E-state index contributed by atoms with van der Waals surface area (Å²) in [5, 5.41) is 13.9. The number of aliphatic hydroxyl groups excluding tert-OH is 1. The molecular formula is C26H21BrClN3O6S. The molecule has 9 nitrogen and oxygen atoms in total. The molecule has 2 aliphatic heterocycles. The number of nitrogens with zero attached hydrogens (tertiary/aromatic N) is 2. The maximum atomic E-state index is 13.6. The van der Waals surface area contributed by atoms with Crippen molar-refractivity contribution in [1.29, 1.82) is 0 Å². The van der Waals surface area contributed by atoms with Gasteiger partial charge >= 0.3 is 5.97 Å². The van der Waals surface area contributed by atoms with Gasteiger partial charge in [-0.1, -0.05) is 88.2 Å². The van der Waals surface area contributed by atoms with E-state index in [4.69, 9.17) is 16.3 Å². The number of amides is 2. The van der Waals surface area contributed by atoms with E-state index in [0.29, 0.717) is 11.3 Å². The summed E-state index contributed by atoms with van der Waals surface area (Å²) in [5.74, 6) is -2.57. The van der Waals surface area contributed by atoms with E-state index in [2.05, 4.69) is 26.4 Å². The zero-order chi connectivity index (χ0) is 27.2. The van der Waals surface area contributed by atoms with Gasteiger partial charge in [0.25, 0.3) is 11.8 Å². The van der Waals surface area contributed by atoms with Crippen LogP contribution in [0.25, 0.3) is 0 Å². The van der Waals surface area contributed by atoms with Gasteiger partial charge < -0.3 is 15.2 Å². The van der Waals surface area contributed by atoms with Crippen LogP contribution >= 0.6 is 39.3 Å². The van der Waals surface area contributed by atoms with Crippen LogP contribution in [-0.2, 0) is 19.1 Å². The highest BCUT2D eigenvalue weighted by molar-refractivity contribution is 9.09. The first kappa shape index (κ1) is 27.6. The standard InChI is InChI=1S/C26H21BrClN3O6S/c27-13-18(32)19(30-36)23(33)29-20-24(34)31-21(17(11-12-28)14-38-25(20)31)26(35)37-22(15-7-3-1-4-8-15)16-9-5-2-6-10-16/h1-12,20,22,25,32H,13-14H2,(H,29,33)/b12-11+,19-18?/t20?,25-/m0/s1. The van der Waals surface area contributed by atoms with Crippen LogP contribution < -0.4 is 5.32 Å². The van der Waals surface area contributed by atoms with Crippen LogP contribution in [0.15, 0.2) is 100 Å². The normalized spacial score (nSPS) is 19.6. The second-order valence-electron chi connectivity index (χ2n) is 8.15. The van der Waals surface area contributed by atoms with Gasteiger partial charge in [0.05, 0.1) is 5.33 Å². The van der Waals surface area contributed by atoms with Gasteiger partial charge in [0.2, 0.25) is 5.70 Å². The van der Waals surface area contributed by atoms with Gasteiger partial charge in [0.15, 0.2) is 6.10 Å². The minimum Gasteiger partial charge on any atom is -0.509 e. The fourth-order valence-corrected chi connectivity index (χ4v) is 5.82. The van der Waals surface area contributed by atoms with Crippen molar-refractivity contribution >= 4 is 57.1 Å². The van der Waals surface area contributed by atoms with Crippen molar-refractivity contribution < 1.29 is 24.2 Å². The van der Waals surface area contributed by atoms with Crippen LogP contribution in [0.1, 0.15) is 17.2 Å². The molecule has 38 heavy (non-hydrogen) atoms. The van der Waals surface area contributed by atoms with Gasteiger partial charge in [-0.25, -0.2) is 4.79 Å². The fraction of sp³-hybridized carbons (Fsp3) is 0.192. The summed E-state index contributed by atoms with van der Waals surface area (Å²) in [7, 11) is 0. The Bertz CT molecular complexity index is 1300. The van der Waals surface area contributed by atoms with Gasteiger partial charge in [0.1, 0.15) is 22.9 Å². The summed E-state index contributed by atoms with van der Waals surface area (Å²) in [5.41, 5.74) is 2.51. The molecule has 1 fully saturated rings. The summed E-state index contributed by atoms with van der Waals surface area (Å²) < 4.78 is 5.99. The van der Waals surface area contributed by atoms with Crippen molar-refractivity contribution in [2.45, 2.75) is 17.5 Å². The number of hydrogen-bond donors (Lipinski definition) is 2. The number of carbonyl (C=O) groups excluding carboxylic acids is 3. The van der Waals surface area contributed by atoms with Crippen LogP contribution in [0.5, 0.6) is 0 Å². The minimum atomic E-state index is -1.05. The molecule has 2 aromatic rings. The molecule has 0 radical (unpaired) electrons. The molecule has 1 saturated heterocycles. The fourth-order valence-electron chi connectivity index (χ4n) is 4.08. The highest BCUT2D eigenvalue weighted by Gasteiger charge is 2.54. The molecule has 0 saturated carbocycles. The van der Waals surface area contributed by atoms with Gasteiger partial charge in [0, 0.05) is 11.3 Å². The average Bonchev–Trinajstić information content (AvgIpc) is 2.95. The summed E-state index contributed by atoms with van der Waals surface area (Å²) in [4.78, 5) is 51.6. The first-order valence-electron chi connectivity index (χ1n) is 11.3. The molecule has 2 amide bonds. The number of hydrogen-bond acceptors (Lipinski definition) is 8. The topological polar surface area (TPSA) is 125 Å². The number of rotatable bonds is 9. The maximum absolute atomic E-state index is 13.6. The van der Waals surface area contributed by atoms with E-state index in [-0.39, 0.29) is 11.0 Å². The van der Waals surface area contributed by atoms with Gasteiger partial charge in [-0.05, 0) is 28.0 Å². The van der Waals surface area contributed by atoms with Crippen molar-refractivity contribution in [3.63, 3.8) is 0 Å². The molecule has 1 unspecified atom stereocenters. The molecule has 2 aliphatic rings. The second kappa shape index (κ2) is 12.4. The van der Waals surface area contributed by atoms with Gasteiger partial charge in [-0.2, -0.15) is 0 Å². The number of allylic oxidation sites excluding steroid dienone is 2. The molecule has 12 heteroatoms. The number of β-lactam (4-membered cyclic amide) rings is 1. The number of nitrogens with one attached hydrogen (secondary N) is 1. The number of carbonyl (C=O) groups is 3. The van der Waals surface area contributed by atoms with E-state index in [1.807, 2.05) is 60.7 Å². The number of esters is 1. The van der Waals surface area contributed by atoms with Crippen LogP contribution in [0.3, 0.4) is 0 Å². The molecule has 2 heterocycles. The first-order valence-corrected chi connectivity index (χ1v) is 13.9. The van der Waals surface area contributed by atoms with Crippen molar-refractivity contribution in [2.75, 3.05) is 11.1 Å². The van der Waals surface area contributed by atoms with Crippen LogP contribution in [0.2, 0.25) is 0 Å². The predicted molar refractivity (Wildman–Crippen MR) is 147 cm³/mol. The van der Waals surface area contributed by atoms with E-state index in [1.54, 1.807) is 0 Å². The number of alkyl halides is 1. The van der Waals surface area contributed by atoms with Crippen molar-refractivity contribution in [3.8, 4) is 0 Å². The third-order valence-corrected chi connectivity index (χ3v) is 7.84. The number of fused-ring (bicyclic) bond motifs is 1. The summed E-state index contributed by atoms with van der Waals surface area (Å²) in [6, 6.07) is 17.4. The second-order valence-corrected chi connectivity index (χ2v) is 10.1. The molecule has 2 aromatic carbocycles. The largest absolute Gasteiger partial charge is 0.509 e. The van der Waals surface area contributed by atoms with E-state index < -0.39 is 46.8 Å². The Kier molecular flexibility index (Phi) is 9.03. The summed E-state index contributed by atoms with van der Waals surface area (Å²) in [6.45, 7) is 0. The number of benzene rings is 2. The Morgan fingerprint density at radius 2 is 1.79 bits per heavy atom. The lowest BCUT2D eigenvalue weighted by atomic mass is 10.0. The third-order valence-electron chi connectivity index (χ3n) is 5.88. The smallest absolute Gasteiger partial charge is 0.356 e. The van der Waals surface area contributed by atoms with Crippen LogP contribution in [0, 0.1) is 4.91 Å². The Morgan fingerprint density at radius 1 is 1.18 bits per heavy atom. The summed E-state index contributed by atoms with van der Waals surface area (Å²) in [6.07, 6.45) is 0.781. The SMILES string of the molecule is O=NC(C(=O)NC1C(=O)N2C(C(=O)OC(c3ccccc3)c3ccccc3)=C(/C=C/Cl)CS[C@@H]12)=C(O)CBr. The van der Waals surface area contributed by atoms with Crippen LogP contribution in [-0.4, -0.2) is 50.3 Å². The van der Waals surface area contributed by atoms with E-state index in [0.717, 1.165) is 11.1 Å². The van der Waals surface area contributed by atoms with Crippen LogP contribution in [0.4, 0.5) is 0 Å². The average molecular weight is 619 g/mol. The number of halogens is 2. The first-order chi connectivity index (χ1) is 18.4. The molecule has 4 rings (SSSR count). The quantitative estimate of drug-likeness (QED) is 0.105. The maximum Gasteiger partial charge on any atom is 0.356 e. The Morgan fingerprint density at radius 3 is 2.32 bits per heavy atom. The highest BCUT2D eigenvalue weighted by Crippen LogP contribution is 2.42. The third kappa shape index (κ3) is 5.54. The molecule has 2 atom stereocenters. The lowest BCUT2D eigenvalue weighted by Crippen LogP contribution is -2.70. The van der Waals surface area contributed by atoms with Crippen molar-refractivity contribution in [2.24, 2.45) is 5.18 Å². The highest BCUT2D eigenvalue weighted by atomic mass is 79.9. The Hall–Kier alpha value is -3.41. The van der Waals surface area contributed by atoms with Crippen molar-refractivity contribution in [1.82, 2.24) is 10.2 Å². The molecular weight excluding hydrogens is 598 g/mol. The number of nitroso groups, excluding NO2 is 1. The van der Waals surface area contributed by atoms with E-state index in [9.17, 15) is 24.4 Å². The Balaban J connectivity index is 1.62. The van der Waals surface area contributed by atoms with Gasteiger partial charge in [-0.3, -0.25) is 14.5 Å². The number of thioether (sulfide) groups is 1. The molecule has 0 spiro atoms. The van der Waals surface area contributed by atoms with Crippen molar-refractivity contribution in [3.05, 3.63) is 111 Å². The zero-order valence-electron chi connectivity index (χ0n) is 19.6. The number of aliphatic hydroxyl groups is 1. The Labute approximate surface area is 235 Å². The predicted octanol–water partition coefficient (Wildman–Crippen LogP) is 4.66. The molecule has 196 valence electrons. The molecule has 0 aliphatic carbocycles.